The van der Waals surface area contributed by atoms with E-state index in [0.717, 1.165) is 26.0 Å². The number of hydrogen-bond acceptors (Lipinski definition) is 8. The second-order valence-electron chi connectivity index (χ2n) is 8.47. The van der Waals surface area contributed by atoms with E-state index in [4.69, 9.17) is 21.1 Å². The van der Waals surface area contributed by atoms with Gasteiger partial charge in [-0.2, -0.15) is 0 Å². The van der Waals surface area contributed by atoms with E-state index in [9.17, 15) is 9.59 Å². The summed E-state index contributed by atoms with van der Waals surface area (Å²) in [5.74, 6) is 0.126. The minimum atomic E-state index is -0.646. The van der Waals surface area contributed by atoms with Crippen molar-refractivity contribution in [3.05, 3.63) is 71.2 Å². The van der Waals surface area contributed by atoms with E-state index in [1.165, 1.54) is 22.7 Å². The van der Waals surface area contributed by atoms with Crippen LogP contribution in [-0.2, 0) is 16.0 Å². The average molecular weight is 567 g/mol. The number of methoxy groups -OCH3 is 2. The standard InChI is InChI=1S/C27H23ClN4O4S2/c1-35-18-7-9-22-20(13-18)29-26(37-22)31-24(33)12-16(11-15-3-5-17(28)6-4-15)25(34)32-27-30-21-14-19(36-2)8-10-23(21)38-27/h3-10,13-14,16H,11-12H2,1-2H3,(H,29,31,33)(H,30,32,34)/t16-/m0/s1. The molecule has 194 valence electrons. The van der Waals surface area contributed by atoms with Gasteiger partial charge >= 0.3 is 0 Å². The summed E-state index contributed by atoms with van der Waals surface area (Å²) in [6.45, 7) is 0. The number of anilines is 2. The zero-order valence-electron chi connectivity index (χ0n) is 20.5. The quantitative estimate of drug-likeness (QED) is 0.214. The molecule has 0 radical (unpaired) electrons. The number of nitrogens with zero attached hydrogens (tertiary/aromatic N) is 2. The highest BCUT2D eigenvalue weighted by Crippen LogP contribution is 2.31. The van der Waals surface area contributed by atoms with E-state index in [2.05, 4.69) is 20.6 Å². The molecule has 0 spiro atoms. The van der Waals surface area contributed by atoms with Gasteiger partial charge in [0.25, 0.3) is 0 Å². The second-order valence-corrected chi connectivity index (χ2v) is 11.0. The van der Waals surface area contributed by atoms with Gasteiger partial charge in [-0.3, -0.25) is 9.59 Å². The van der Waals surface area contributed by atoms with Gasteiger partial charge in [0.2, 0.25) is 11.8 Å². The van der Waals surface area contributed by atoms with Crippen molar-refractivity contribution < 1.29 is 19.1 Å². The molecule has 5 rings (SSSR count). The first-order valence-corrected chi connectivity index (χ1v) is 13.7. The molecule has 0 saturated heterocycles. The van der Waals surface area contributed by atoms with Crippen LogP contribution in [0.15, 0.2) is 60.7 Å². The fourth-order valence-corrected chi connectivity index (χ4v) is 5.78. The van der Waals surface area contributed by atoms with Gasteiger partial charge in [-0.05, 0) is 48.4 Å². The van der Waals surface area contributed by atoms with Crippen LogP contribution in [0, 0.1) is 5.92 Å². The van der Waals surface area contributed by atoms with Crippen molar-refractivity contribution >= 4 is 76.8 Å². The fraction of sp³-hybridized carbons (Fsp3) is 0.185. The number of thiazole rings is 2. The monoisotopic (exact) mass is 566 g/mol. The molecular weight excluding hydrogens is 544 g/mol. The normalized spacial score (nSPS) is 11.9. The minimum absolute atomic E-state index is 0.0353. The summed E-state index contributed by atoms with van der Waals surface area (Å²) in [4.78, 5) is 35.4. The lowest BCUT2D eigenvalue weighted by Crippen LogP contribution is -2.29. The van der Waals surface area contributed by atoms with Gasteiger partial charge in [0.05, 0.1) is 40.6 Å². The highest BCUT2D eigenvalue weighted by molar-refractivity contribution is 7.22. The topological polar surface area (TPSA) is 102 Å². The molecule has 2 aromatic heterocycles. The smallest absolute Gasteiger partial charge is 0.230 e. The maximum atomic E-state index is 13.4. The van der Waals surface area contributed by atoms with Crippen LogP contribution in [0.5, 0.6) is 11.5 Å². The predicted molar refractivity (Wildman–Crippen MR) is 153 cm³/mol. The Labute approximate surface area is 231 Å². The Hall–Kier alpha value is -3.73. The van der Waals surface area contributed by atoms with Crippen LogP contribution in [0.25, 0.3) is 20.4 Å². The van der Waals surface area contributed by atoms with Crippen molar-refractivity contribution in [1.82, 2.24) is 9.97 Å². The zero-order valence-corrected chi connectivity index (χ0v) is 22.9. The predicted octanol–water partition coefficient (Wildman–Crippen LogP) is 6.40. The number of carbonyl (C=O) groups excluding carboxylic acids is 2. The molecular formula is C27H23ClN4O4S2. The Morgan fingerprint density at radius 3 is 1.95 bits per heavy atom. The van der Waals surface area contributed by atoms with Gasteiger partial charge in [0, 0.05) is 23.6 Å². The number of rotatable bonds is 9. The van der Waals surface area contributed by atoms with Crippen molar-refractivity contribution in [1.29, 1.82) is 0 Å². The molecule has 3 aromatic carbocycles. The third-order valence-electron chi connectivity index (χ3n) is 5.86. The molecule has 2 heterocycles. The molecule has 8 nitrogen and oxygen atoms in total. The van der Waals surface area contributed by atoms with Gasteiger partial charge in [-0.1, -0.05) is 46.4 Å². The lowest BCUT2D eigenvalue weighted by molar-refractivity contribution is -0.124. The van der Waals surface area contributed by atoms with E-state index >= 15 is 0 Å². The highest BCUT2D eigenvalue weighted by atomic mass is 35.5. The van der Waals surface area contributed by atoms with Gasteiger partial charge in [0.15, 0.2) is 10.3 Å². The Balaban J connectivity index is 1.33. The largest absolute Gasteiger partial charge is 0.497 e. The fourth-order valence-electron chi connectivity index (χ4n) is 3.94. The molecule has 11 heteroatoms. The SMILES string of the molecule is COc1ccc2sc(NC(=O)C[C@H](Cc3ccc(Cl)cc3)C(=O)Nc3nc4cc(OC)ccc4s3)nc2c1. The molecule has 0 saturated carbocycles. The summed E-state index contributed by atoms with van der Waals surface area (Å²) in [5.41, 5.74) is 2.35. The number of fused-ring (bicyclic) bond motifs is 2. The molecule has 0 unspecified atom stereocenters. The van der Waals surface area contributed by atoms with Crippen LogP contribution in [0.4, 0.5) is 10.3 Å². The molecule has 1 atom stereocenters. The molecule has 5 aromatic rings. The van der Waals surface area contributed by atoms with Crippen molar-refractivity contribution in [3.8, 4) is 11.5 Å². The third kappa shape index (κ3) is 6.04. The molecule has 0 aliphatic carbocycles. The summed E-state index contributed by atoms with van der Waals surface area (Å²) in [6.07, 6.45) is 0.318. The molecule has 2 N–H and O–H groups in total. The number of ether oxygens (including phenoxy) is 2. The number of hydrogen-bond donors (Lipinski definition) is 2. The first-order chi connectivity index (χ1) is 18.4. The maximum Gasteiger partial charge on any atom is 0.230 e. The maximum absolute atomic E-state index is 13.4. The Kier molecular flexibility index (Phi) is 7.73. The van der Waals surface area contributed by atoms with Crippen molar-refractivity contribution in [2.24, 2.45) is 5.92 Å². The Morgan fingerprint density at radius 1 is 0.842 bits per heavy atom. The van der Waals surface area contributed by atoms with Gasteiger partial charge < -0.3 is 20.1 Å². The van der Waals surface area contributed by atoms with Crippen molar-refractivity contribution in [2.45, 2.75) is 12.8 Å². The number of halogens is 1. The van der Waals surface area contributed by atoms with Crippen LogP contribution in [0.2, 0.25) is 5.02 Å². The van der Waals surface area contributed by atoms with Gasteiger partial charge in [-0.25, -0.2) is 9.97 Å². The molecule has 0 aliphatic heterocycles. The van der Waals surface area contributed by atoms with Crippen LogP contribution in [0.3, 0.4) is 0 Å². The molecule has 2 amide bonds. The van der Waals surface area contributed by atoms with E-state index in [0.29, 0.717) is 33.2 Å². The number of aromatic nitrogens is 2. The summed E-state index contributed by atoms with van der Waals surface area (Å²) < 4.78 is 12.3. The lowest BCUT2D eigenvalue weighted by Gasteiger charge is -2.15. The number of amides is 2. The van der Waals surface area contributed by atoms with E-state index in [1.807, 2.05) is 48.5 Å². The highest BCUT2D eigenvalue weighted by Gasteiger charge is 2.24. The van der Waals surface area contributed by atoms with Gasteiger partial charge in [0.1, 0.15) is 11.5 Å². The number of benzene rings is 3. The summed E-state index contributed by atoms with van der Waals surface area (Å²) in [6, 6.07) is 18.3. The number of nitrogens with one attached hydrogen (secondary N) is 2. The zero-order chi connectivity index (χ0) is 26.6. The van der Waals surface area contributed by atoms with Crippen molar-refractivity contribution in [3.63, 3.8) is 0 Å². The molecule has 0 fully saturated rings. The summed E-state index contributed by atoms with van der Waals surface area (Å²) in [7, 11) is 3.18. The minimum Gasteiger partial charge on any atom is -0.497 e. The van der Waals surface area contributed by atoms with Crippen molar-refractivity contribution in [2.75, 3.05) is 24.9 Å². The Bertz CT molecular complexity index is 1620. The lowest BCUT2D eigenvalue weighted by atomic mass is 9.95. The molecule has 38 heavy (non-hydrogen) atoms. The van der Waals surface area contributed by atoms with Crippen LogP contribution < -0.4 is 20.1 Å². The molecule has 0 bridgehead atoms. The Morgan fingerprint density at radius 2 is 1.39 bits per heavy atom. The van der Waals surface area contributed by atoms with E-state index in [1.54, 1.807) is 26.4 Å². The average Bonchev–Trinajstić information content (AvgIpc) is 3.50. The van der Waals surface area contributed by atoms with Crippen LogP contribution >= 0.6 is 34.3 Å². The summed E-state index contributed by atoms with van der Waals surface area (Å²) >= 11 is 8.76. The first kappa shape index (κ1) is 25.9. The first-order valence-electron chi connectivity index (χ1n) is 11.6. The third-order valence-corrected chi connectivity index (χ3v) is 8.02. The molecule has 0 aliphatic rings. The van der Waals surface area contributed by atoms with E-state index < -0.39 is 5.92 Å². The van der Waals surface area contributed by atoms with Crippen LogP contribution in [0.1, 0.15) is 12.0 Å². The second kappa shape index (κ2) is 11.3. The van der Waals surface area contributed by atoms with E-state index in [-0.39, 0.29) is 18.2 Å². The van der Waals surface area contributed by atoms with Gasteiger partial charge in [-0.15, -0.1) is 0 Å². The number of carbonyl (C=O) groups is 2. The van der Waals surface area contributed by atoms with Crippen LogP contribution in [-0.4, -0.2) is 36.0 Å². The summed E-state index contributed by atoms with van der Waals surface area (Å²) in [5, 5.41) is 7.27.